The van der Waals surface area contributed by atoms with E-state index >= 15 is 0 Å². The monoisotopic (exact) mass is 242 g/mol. The summed E-state index contributed by atoms with van der Waals surface area (Å²) in [5.74, 6) is 0. The van der Waals surface area contributed by atoms with Crippen molar-refractivity contribution in [2.45, 2.75) is 31.8 Å². The topological polar surface area (TPSA) is 54.4 Å². The summed E-state index contributed by atoms with van der Waals surface area (Å²) in [6.07, 6.45) is 3.58. The maximum Gasteiger partial charge on any atom is 0.107 e. The normalized spacial score (nSPS) is 16.4. The van der Waals surface area contributed by atoms with Crippen molar-refractivity contribution in [3.8, 4) is 0 Å². The van der Waals surface area contributed by atoms with Gasteiger partial charge < -0.3 is 15.2 Å². The number of aliphatic hydroxyl groups is 1. The van der Waals surface area contributed by atoms with E-state index < -0.39 is 0 Å². The molecule has 0 fully saturated rings. The van der Waals surface area contributed by atoms with Gasteiger partial charge in [0.2, 0.25) is 0 Å². The molecule has 0 saturated carbocycles. The summed E-state index contributed by atoms with van der Waals surface area (Å²) in [6, 6.07) is 0.00346. The number of thiazole rings is 1. The Kier molecular flexibility index (Phi) is 4.29. The highest BCUT2D eigenvalue weighted by atomic mass is 32.1. The lowest BCUT2D eigenvalue weighted by molar-refractivity contribution is 0.128. The van der Waals surface area contributed by atoms with Crippen molar-refractivity contribution in [3.05, 3.63) is 15.6 Å². The number of aliphatic hydroxyl groups excluding tert-OH is 1. The Morgan fingerprint density at radius 1 is 1.56 bits per heavy atom. The predicted octanol–water partition coefficient (Wildman–Crippen LogP) is 0.729. The molecule has 1 aromatic heterocycles. The van der Waals surface area contributed by atoms with Gasteiger partial charge in [-0.15, -0.1) is 11.3 Å². The van der Waals surface area contributed by atoms with Crippen molar-refractivity contribution < 1.29 is 9.84 Å². The quantitative estimate of drug-likeness (QED) is 0.772. The van der Waals surface area contributed by atoms with Crippen LogP contribution in [0, 0.1) is 0 Å². The molecule has 1 unspecified atom stereocenters. The van der Waals surface area contributed by atoms with Gasteiger partial charge in [-0.3, -0.25) is 0 Å². The minimum atomic E-state index is 0.00346. The minimum absolute atomic E-state index is 0.00346. The summed E-state index contributed by atoms with van der Waals surface area (Å²) in [6.45, 7) is 1.35. The second-order valence-corrected chi connectivity index (χ2v) is 5.21. The lowest BCUT2D eigenvalue weighted by Crippen LogP contribution is -2.35. The third-order valence-corrected chi connectivity index (χ3v) is 3.93. The molecule has 5 heteroatoms. The molecule has 0 aromatic carbocycles. The van der Waals surface area contributed by atoms with Crippen molar-refractivity contribution in [2.75, 3.05) is 20.3 Å². The van der Waals surface area contributed by atoms with Crippen LogP contribution in [0.2, 0.25) is 0 Å². The van der Waals surface area contributed by atoms with E-state index in [1.54, 1.807) is 18.4 Å². The van der Waals surface area contributed by atoms with Crippen LogP contribution < -0.4 is 5.32 Å². The standard InChI is InChI=1S/C11H18N2O2S/c1-15-7-8(6-14)12-5-11-13-9-3-2-4-10(9)16-11/h8,12,14H,2-7H2,1H3. The van der Waals surface area contributed by atoms with Crippen LogP contribution in [-0.4, -0.2) is 36.5 Å². The Bertz CT molecular complexity index is 319. The first kappa shape index (κ1) is 12.0. The lowest BCUT2D eigenvalue weighted by Gasteiger charge is -2.13. The van der Waals surface area contributed by atoms with Gasteiger partial charge in [-0.1, -0.05) is 0 Å². The zero-order valence-corrected chi connectivity index (χ0v) is 10.3. The van der Waals surface area contributed by atoms with Gasteiger partial charge in [0.1, 0.15) is 5.01 Å². The molecule has 0 saturated heterocycles. The molecule has 1 heterocycles. The highest BCUT2D eigenvalue weighted by molar-refractivity contribution is 7.11. The molecule has 0 bridgehead atoms. The summed E-state index contributed by atoms with van der Waals surface area (Å²) in [4.78, 5) is 6.04. The highest BCUT2D eigenvalue weighted by Crippen LogP contribution is 2.27. The van der Waals surface area contributed by atoms with Crippen LogP contribution in [0.15, 0.2) is 0 Å². The second-order valence-electron chi connectivity index (χ2n) is 4.05. The molecule has 1 aliphatic carbocycles. The van der Waals surface area contributed by atoms with Crippen LogP contribution in [0.25, 0.3) is 0 Å². The Morgan fingerprint density at radius 3 is 3.12 bits per heavy atom. The van der Waals surface area contributed by atoms with Gasteiger partial charge in [0, 0.05) is 18.5 Å². The van der Waals surface area contributed by atoms with Crippen LogP contribution in [0.4, 0.5) is 0 Å². The maximum atomic E-state index is 9.09. The van der Waals surface area contributed by atoms with Gasteiger partial charge in [-0.05, 0) is 19.3 Å². The molecular weight excluding hydrogens is 224 g/mol. The van der Waals surface area contributed by atoms with Crippen molar-refractivity contribution >= 4 is 11.3 Å². The van der Waals surface area contributed by atoms with E-state index in [9.17, 15) is 0 Å². The fraction of sp³-hybridized carbons (Fsp3) is 0.727. The first-order valence-corrected chi connectivity index (χ1v) is 6.45. The average molecular weight is 242 g/mol. The van der Waals surface area contributed by atoms with Crippen molar-refractivity contribution in [2.24, 2.45) is 0 Å². The molecule has 90 valence electrons. The number of fused-ring (bicyclic) bond motifs is 1. The first-order valence-electron chi connectivity index (χ1n) is 5.64. The van der Waals surface area contributed by atoms with Gasteiger partial charge >= 0.3 is 0 Å². The summed E-state index contributed by atoms with van der Waals surface area (Å²) in [7, 11) is 1.64. The van der Waals surface area contributed by atoms with E-state index in [4.69, 9.17) is 9.84 Å². The molecule has 1 atom stereocenters. The fourth-order valence-corrected chi connectivity index (χ4v) is 3.04. The third kappa shape index (κ3) is 2.79. The zero-order chi connectivity index (χ0) is 11.4. The van der Waals surface area contributed by atoms with Crippen LogP contribution in [0.3, 0.4) is 0 Å². The third-order valence-electron chi connectivity index (χ3n) is 2.77. The molecule has 2 N–H and O–H groups in total. The maximum absolute atomic E-state index is 9.09. The van der Waals surface area contributed by atoms with E-state index in [1.807, 2.05) is 0 Å². The predicted molar refractivity (Wildman–Crippen MR) is 63.7 cm³/mol. The Labute approximate surface area is 99.7 Å². The highest BCUT2D eigenvalue weighted by Gasteiger charge is 2.17. The molecule has 0 radical (unpaired) electrons. The number of nitrogens with one attached hydrogen (secondary N) is 1. The van der Waals surface area contributed by atoms with E-state index in [0.29, 0.717) is 6.61 Å². The van der Waals surface area contributed by atoms with Crippen LogP contribution in [-0.2, 0) is 24.1 Å². The zero-order valence-electron chi connectivity index (χ0n) is 9.53. The van der Waals surface area contributed by atoms with Gasteiger partial charge in [0.05, 0.1) is 24.9 Å². The summed E-state index contributed by atoms with van der Waals surface area (Å²) < 4.78 is 5.01. The first-order chi connectivity index (χ1) is 7.83. The van der Waals surface area contributed by atoms with E-state index in [1.165, 1.54) is 23.4 Å². The van der Waals surface area contributed by atoms with E-state index in [0.717, 1.165) is 18.0 Å². The molecule has 4 nitrogen and oxygen atoms in total. The van der Waals surface area contributed by atoms with Crippen molar-refractivity contribution in [1.29, 1.82) is 0 Å². The van der Waals surface area contributed by atoms with E-state index in [-0.39, 0.29) is 12.6 Å². The van der Waals surface area contributed by atoms with Crippen LogP contribution >= 0.6 is 11.3 Å². The number of methoxy groups -OCH3 is 1. The number of hydrogen-bond acceptors (Lipinski definition) is 5. The molecule has 0 aliphatic heterocycles. The Hall–Kier alpha value is -0.490. The minimum Gasteiger partial charge on any atom is -0.395 e. The average Bonchev–Trinajstić information content (AvgIpc) is 2.84. The number of aryl methyl sites for hydroxylation is 2. The van der Waals surface area contributed by atoms with Gasteiger partial charge in [0.15, 0.2) is 0 Å². The SMILES string of the molecule is COCC(CO)NCc1nc2c(s1)CCC2. The van der Waals surface area contributed by atoms with Crippen molar-refractivity contribution in [1.82, 2.24) is 10.3 Å². The molecule has 1 aromatic rings. The molecule has 0 spiro atoms. The lowest BCUT2D eigenvalue weighted by atomic mass is 10.3. The van der Waals surface area contributed by atoms with Crippen molar-refractivity contribution in [3.63, 3.8) is 0 Å². The number of nitrogens with zero attached hydrogens (tertiary/aromatic N) is 1. The molecule has 1 aliphatic rings. The number of aromatic nitrogens is 1. The van der Waals surface area contributed by atoms with Gasteiger partial charge in [0.25, 0.3) is 0 Å². The molecule has 16 heavy (non-hydrogen) atoms. The van der Waals surface area contributed by atoms with Crippen LogP contribution in [0.1, 0.15) is 22.0 Å². The van der Waals surface area contributed by atoms with Crippen LogP contribution in [0.5, 0.6) is 0 Å². The molecular formula is C11H18N2O2S. The van der Waals surface area contributed by atoms with Gasteiger partial charge in [-0.2, -0.15) is 0 Å². The summed E-state index contributed by atoms with van der Waals surface area (Å²) in [5.41, 5.74) is 1.29. The fourth-order valence-electron chi connectivity index (χ4n) is 1.93. The number of rotatable bonds is 6. The van der Waals surface area contributed by atoms with E-state index in [2.05, 4.69) is 10.3 Å². The number of hydrogen-bond donors (Lipinski definition) is 2. The summed E-state index contributed by atoms with van der Waals surface area (Å²) in [5, 5.41) is 13.5. The second kappa shape index (κ2) is 5.72. The molecule has 2 rings (SSSR count). The number of ether oxygens (including phenoxy) is 1. The summed E-state index contributed by atoms with van der Waals surface area (Å²) >= 11 is 1.80. The molecule has 0 amide bonds. The smallest absolute Gasteiger partial charge is 0.107 e. The Morgan fingerprint density at radius 2 is 2.44 bits per heavy atom. The Balaban J connectivity index is 1.84. The largest absolute Gasteiger partial charge is 0.395 e. The van der Waals surface area contributed by atoms with Gasteiger partial charge in [-0.25, -0.2) is 4.98 Å².